The number of thiophene rings is 1. The highest BCUT2D eigenvalue weighted by Crippen LogP contribution is 2.48. The van der Waals surface area contributed by atoms with Crippen molar-refractivity contribution in [3.05, 3.63) is 62.9 Å². The molecule has 35 heavy (non-hydrogen) atoms. The normalized spacial score (nSPS) is 13.9. The zero-order valence-electron chi connectivity index (χ0n) is 19.7. The number of nitrogens with zero attached hydrogens (tertiary/aromatic N) is 2. The third-order valence-electron chi connectivity index (χ3n) is 5.89. The number of hydrogen-bond acceptors (Lipinski definition) is 6. The van der Waals surface area contributed by atoms with Crippen LogP contribution in [0.1, 0.15) is 47.6 Å². The number of aromatic amines is 1. The zero-order valence-corrected chi connectivity index (χ0v) is 20.5. The fourth-order valence-corrected chi connectivity index (χ4v) is 4.99. The van der Waals surface area contributed by atoms with Crippen molar-refractivity contribution in [2.45, 2.75) is 45.3 Å². The summed E-state index contributed by atoms with van der Waals surface area (Å²) in [7, 11) is 1.58. The van der Waals surface area contributed by atoms with Crippen LogP contribution in [0.15, 0.2) is 35.4 Å². The maximum Gasteiger partial charge on any atom is 0.274 e. The first-order valence-electron chi connectivity index (χ1n) is 11.2. The van der Waals surface area contributed by atoms with Crippen LogP contribution in [0.4, 0.5) is 4.39 Å². The average molecular weight is 497 g/mol. The molecule has 0 saturated heterocycles. The molecule has 0 aromatic carbocycles. The van der Waals surface area contributed by atoms with E-state index in [4.69, 9.17) is 4.74 Å². The summed E-state index contributed by atoms with van der Waals surface area (Å²) in [5, 5.41) is 14.0. The lowest BCUT2D eigenvalue weighted by atomic mass is 10.1. The van der Waals surface area contributed by atoms with E-state index in [1.54, 1.807) is 44.6 Å². The minimum atomic E-state index is -1.47. The fourth-order valence-electron chi connectivity index (χ4n) is 3.86. The molecule has 1 fully saturated rings. The van der Waals surface area contributed by atoms with Crippen LogP contribution in [0.2, 0.25) is 0 Å². The van der Waals surface area contributed by atoms with Gasteiger partial charge in [0.15, 0.2) is 11.6 Å². The molecule has 4 aromatic rings. The van der Waals surface area contributed by atoms with Gasteiger partial charge in [0, 0.05) is 42.0 Å². The lowest BCUT2D eigenvalue weighted by Gasteiger charge is -2.14. The van der Waals surface area contributed by atoms with Crippen LogP contribution in [0, 0.1) is 12.7 Å². The maximum absolute atomic E-state index is 15.7. The molecule has 1 saturated carbocycles. The van der Waals surface area contributed by atoms with Crippen molar-refractivity contribution in [3.8, 4) is 22.1 Å². The first kappa shape index (κ1) is 23.3. The molecule has 1 aliphatic rings. The molecule has 8 nitrogen and oxygen atoms in total. The lowest BCUT2D eigenvalue weighted by Crippen LogP contribution is -2.25. The van der Waals surface area contributed by atoms with E-state index in [1.165, 1.54) is 18.4 Å². The van der Waals surface area contributed by atoms with Crippen LogP contribution in [0.25, 0.3) is 21.3 Å². The van der Waals surface area contributed by atoms with Crippen molar-refractivity contribution in [2.75, 3.05) is 0 Å². The van der Waals surface area contributed by atoms with Gasteiger partial charge in [0.25, 0.3) is 11.5 Å². The van der Waals surface area contributed by atoms with E-state index in [0.717, 1.165) is 24.2 Å². The molecule has 0 bridgehead atoms. The van der Waals surface area contributed by atoms with Gasteiger partial charge in [-0.3, -0.25) is 9.59 Å². The van der Waals surface area contributed by atoms with E-state index < -0.39 is 11.4 Å². The Morgan fingerprint density at radius 3 is 2.80 bits per heavy atom. The van der Waals surface area contributed by atoms with Gasteiger partial charge in [-0.15, -0.1) is 11.3 Å². The number of fused-ring (bicyclic) bond motifs is 1. The second-order valence-corrected chi connectivity index (χ2v) is 10.4. The van der Waals surface area contributed by atoms with Gasteiger partial charge in [0.2, 0.25) is 5.88 Å². The number of carbonyl (C=O) groups excluding carboxylic acids is 1. The number of nitrogens with one attached hydrogen (secondary N) is 2. The summed E-state index contributed by atoms with van der Waals surface area (Å²) in [6.45, 7) is 4.79. The van der Waals surface area contributed by atoms with Crippen LogP contribution in [0.5, 0.6) is 11.6 Å². The number of aliphatic hydroxyl groups is 1. The van der Waals surface area contributed by atoms with Crippen molar-refractivity contribution in [3.63, 3.8) is 0 Å². The lowest BCUT2D eigenvalue weighted by molar-refractivity contribution is 0.0785. The predicted molar refractivity (Wildman–Crippen MR) is 132 cm³/mol. The van der Waals surface area contributed by atoms with Crippen LogP contribution in [-0.4, -0.2) is 31.6 Å². The molecule has 0 radical (unpaired) electrons. The van der Waals surface area contributed by atoms with Crippen LogP contribution in [0.3, 0.4) is 0 Å². The molecule has 0 spiro atoms. The Kier molecular flexibility index (Phi) is 5.52. The highest BCUT2D eigenvalue weighted by atomic mass is 32.1. The van der Waals surface area contributed by atoms with Crippen molar-refractivity contribution in [1.82, 2.24) is 19.9 Å². The molecule has 5 rings (SSSR count). The van der Waals surface area contributed by atoms with Gasteiger partial charge in [-0.05, 0) is 45.7 Å². The minimum absolute atomic E-state index is 0.0836. The number of H-pyrrole nitrogens is 1. The second-order valence-electron chi connectivity index (χ2n) is 9.37. The van der Waals surface area contributed by atoms with Gasteiger partial charge < -0.3 is 24.7 Å². The van der Waals surface area contributed by atoms with Crippen LogP contribution in [-0.2, 0) is 12.6 Å². The van der Waals surface area contributed by atoms with Crippen molar-refractivity contribution < 1.29 is 19.0 Å². The van der Waals surface area contributed by atoms with Gasteiger partial charge in [-0.1, -0.05) is 6.07 Å². The van der Waals surface area contributed by atoms with Crippen LogP contribution >= 0.6 is 11.3 Å². The Bertz CT molecular complexity index is 1520. The Morgan fingerprint density at radius 1 is 1.40 bits per heavy atom. The molecular weight excluding hydrogens is 471 g/mol. The van der Waals surface area contributed by atoms with Crippen LogP contribution < -0.4 is 15.6 Å². The quantitative estimate of drug-likeness (QED) is 0.368. The number of pyridine rings is 2. The third kappa shape index (κ3) is 4.23. The van der Waals surface area contributed by atoms with E-state index in [1.807, 2.05) is 0 Å². The largest absolute Gasteiger partial charge is 0.434 e. The number of aryl methyl sites for hydroxylation is 2. The van der Waals surface area contributed by atoms with Crippen molar-refractivity contribution in [1.29, 1.82) is 0 Å². The first-order chi connectivity index (χ1) is 16.5. The Hall–Kier alpha value is -3.50. The number of ether oxygens (including phenoxy) is 1. The molecule has 4 heterocycles. The van der Waals surface area contributed by atoms with Gasteiger partial charge in [0.05, 0.1) is 15.4 Å². The first-order valence-corrected chi connectivity index (χ1v) is 12.0. The number of hydrogen-bond donors (Lipinski definition) is 3. The van der Waals surface area contributed by atoms with Crippen molar-refractivity contribution in [2.24, 2.45) is 7.05 Å². The van der Waals surface area contributed by atoms with Gasteiger partial charge >= 0.3 is 0 Å². The summed E-state index contributed by atoms with van der Waals surface area (Å²) < 4.78 is 23.1. The third-order valence-corrected chi connectivity index (χ3v) is 7.38. The Balaban J connectivity index is 1.73. The molecule has 182 valence electrons. The fraction of sp³-hybridized carbons (Fsp3) is 0.320. The Labute approximate surface area is 204 Å². The highest BCUT2D eigenvalue weighted by Gasteiger charge is 2.32. The van der Waals surface area contributed by atoms with Crippen molar-refractivity contribution >= 4 is 28.1 Å². The molecule has 0 aliphatic heterocycles. The van der Waals surface area contributed by atoms with E-state index >= 15 is 4.39 Å². The predicted octanol–water partition coefficient (Wildman–Crippen LogP) is 4.35. The standard InChI is InChI=1S/C25H25FN4O4S/c1-12-6-5-9-27-23(12)34-19-17(26)21(25(2,3)33)35-20(19)15-11-30(4)24(32)18-14(15)10-16(29-18)22(31)28-13-7-8-13/h5-6,9-11,13,29,33H,7-8H2,1-4H3,(H,28,31). The summed E-state index contributed by atoms with van der Waals surface area (Å²) >= 11 is 1.03. The number of amides is 1. The number of halogens is 1. The molecular formula is C25H25FN4O4S. The molecule has 4 aromatic heterocycles. The Morgan fingerprint density at radius 2 is 2.14 bits per heavy atom. The zero-order chi connectivity index (χ0) is 25.1. The topological polar surface area (TPSA) is 109 Å². The molecule has 1 aliphatic carbocycles. The average Bonchev–Trinajstić information content (AvgIpc) is 3.38. The number of aromatic nitrogens is 3. The summed E-state index contributed by atoms with van der Waals surface area (Å²) in [6, 6.07) is 5.30. The molecule has 10 heteroatoms. The summed E-state index contributed by atoms with van der Waals surface area (Å²) in [5.74, 6) is -0.870. The molecule has 1 amide bonds. The van der Waals surface area contributed by atoms with Gasteiger partial charge in [-0.25, -0.2) is 9.37 Å². The minimum Gasteiger partial charge on any atom is -0.434 e. The van der Waals surface area contributed by atoms with E-state index in [2.05, 4.69) is 15.3 Å². The molecule has 0 unspecified atom stereocenters. The monoisotopic (exact) mass is 496 g/mol. The number of rotatable bonds is 6. The number of carbonyl (C=O) groups is 1. The second kappa shape index (κ2) is 8.31. The smallest absolute Gasteiger partial charge is 0.274 e. The van der Waals surface area contributed by atoms with E-state index in [0.29, 0.717) is 21.4 Å². The molecule has 3 N–H and O–H groups in total. The molecule has 0 atom stereocenters. The van der Waals surface area contributed by atoms with Gasteiger partial charge in [-0.2, -0.15) is 0 Å². The van der Waals surface area contributed by atoms with E-state index in [-0.39, 0.29) is 45.2 Å². The maximum atomic E-state index is 15.7. The summed E-state index contributed by atoms with van der Waals surface area (Å²) in [4.78, 5) is 33.2. The SMILES string of the molecule is Cc1cccnc1Oc1c(-c2cn(C)c(=O)c3[nH]c(C(=O)NC4CC4)cc23)sc(C(C)(C)O)c1F. The highest BCUT2D eigenvalue weighted by molar-refractivity contribution is 7.16. The van der Waals surface area contributed by atoms with E-state index in [9.17, 15) is 14.7 Å². The van der Waals surface area contributed by atoms with Gasteiger partial charge in [0.1, 0.15) is 11.2 Å². The summed E-state index contributed by atoms with van der Waals surface area (Å²) in [5.41, 5.74) is -0.120. The summed E-state index contributed by atoms with van der Waals surface area (Å²) in [6.07, 6.45) is 4.99.